The van der Waals surface area contributed by atoms with Crippen LogP contribution in [0, 0.1) is 0 Å². The molecular weight excluding hydrogens is 262 g/mol. The van der Waals surface area contributed by atoms with Gasteiger partial charge in [0.1, 0.15) is 19.0 Å². The molecule has 20 heavy (non-hydrogen) atoms. The van der Waals surface area contributed by atoms with Gasteiger partial charge in [-0.15, -0.1) is 0 Å². The van der Waals surface area contributed by atoms with E-state index in [0.717, 1.165) is 0 Å². The molecule has 0 aromatic heterocycles. The van der Waals surface area contributed by atoms with Gasteiger partial charge in [0.15, 0.2) is 0 Å². The number of phenols is 1. The number of carbonyl (C=O) groups is 2. The Morgan fingerprint density at radius 2 is 1.60 bits per heavy atom. The first-order valence-electron chi connectivity index (χ1n) is 6.46. The molecule has 1 aromatic carbocycles. The summed E-state index contributed by atoms with van der Waals surface area (Å²) in [6.45, 7) is 4.86. The van der Waals surface area contributed by atoms with Crippen LogP contribution in [0.4, 0.5) is 4.79 Å². The van der Waals surface area contributed by atoms with E-state index in [1.165, 1.54) is 29.2 Å². The number of aromatic hydroxyl groups is 1. The van der Waals surface area contributed by atoms with Crippen molar-refractivity contribution in [1.29, 1.82) is 0 Å². The van der Waals surface area contributed by atoms with Gasteiger partial charge in [-0.1, -0.05) is 0 Å². The van der Waals surface area contributed by atoms with Crippen LogP contribution in [0.25, 0.3) is 0 Å². The Balaban J connectivity index is 2.29. The van der Waals surface area contributed by atoms with Crippen molar-refractivity contribution in [2.75, 3.05) is 26.3 Å². The minimum Gasteiger partial charge on any atom is -0.508 e. The molecule has 0 saturated carbocycles. The van der Waals surface area contributed by atoms with Crippen LogP contribution in [0.1, 0.15) is 24.2 Å². The highest BCUT2D eigenvalue weighted by molar-refractivity contribution is 5.89. The summed E-state index contributed by atoms with van der Waals surface area (Å²) in [4.78, 5) is 24.6. The molecule has 0 fully saturated rings. The first-order valence-corrected chi connectivity index (χ1v) is 6.46. The number of phenolic OH excluding ortho intramolecular Hbond substituents is 1. The van der Waals surface area contributed by atoms with Crippen LogP contribution in [-0.2, 0) is 9.47 Å². The fourth-order valence-electron chi connectivity index (χ4n) is 1.52. The second kappa shape index (κ2) is 8.04. The van der Waals surface area contributed by atoms with Crippen LogP contribution < -0.4 is 0 Å². The van der Waals surface area contributed by atoms with E-state index in [-0.39, 0.29) is 19.0 Å². The zero-order valence-corrected chi connectivity index (χ0v) is 11.7. The van der Waals surface area contributed by atoms with E-state index in [1.54, 1.807) is 0 Å². The van der Waals surface area contributed by atoms with Crippen LogP contribution in [-0.4, -0.2) is 48.4 Å². The Morgan fingerprint density at radius 3 is 2.15 bits per heavy atom. The summed E-state index contributed by atoms with van der Waals surface area (Å²) in [6.07, 6.45) is -0.421. The van der Waals surface area contributed by atoms with Crippen molar-refractivity contribution in [3.8, 4) is 5.75 Å². The highest BCUT2D eigenvalue weighted by Gasteiger charge is 2.11. The fraction of sp³-hybridized carbons (Fsp3) is 0.429. The maximum absolute atomic E-state index is 11.6. The Morgan fingerprint density at radius 1 is 1.05 bits per heavy atom. The predicted molar refractivity (Wildman–Crippen MR) is 72.7 cm³/mol. The normalized spacial score (nSPS) is 9.90. The number of hydrogen-bond acceptors (Lipinski definition) is 5. The number of esters is 1. The monoisotopic (exact) mass is 281 g/mol. The Labute approximate surface area is 117 Å². The van der Waals surface area contributed by atoms with Crippen molar-refractivity contribution >= 4 is 12.1 Å². The molecular formula is C14H19NO5. The lowest BCUT2D eigenvalue weighted by atomic mass is 10.2. The zero-order valence-electron chi connectivity index (χ0n) is 11.7. The third-order valence-electron chi connectivity index (χ3n) is 2.67. The van der Waals surface area contributed by atoms with E-state index in [1.807, 2.05) is 13.8 Å². The summed E-state index contributed by atoms with van der Waals surface area (Å²) in [7, 11) is 0. The van der Waals surface area contributed by atoms with Gasteiger partial charge in [0, 0.05) is 13.1 Å². The third-order valence-corrected chi connectivity index (χ3v) is 2.67. The number of carbonyl (C=O) groups excluding carboxylic acids is 2. The van der Waals surface area contributed by atoms with E-state index in [0.29, 0.717) is 18.7 Å². The number of amides is 1. The minimum absolute atomic E-state index is 0.00722. The molecule has 0 aliphatic carbocycles. The van der Waals surface area contributed by atoms with Crippen molar-refractivity contribution < 1.29 is 24.2 Å². The number of rotatable bonds is 6. The van der Waals surface area contributed by atoms with E-state index in [4.69, 9.17) is 14.6 Å². The summed E-state index contributed by atoms with van der Waals surface area (Å²) in [5, 5.41) is 9.10. The molecule has 0 saturated heterocycles. The van der Waals surface area contributed by atoms with Crippen LogP contribution in [0.15, 0.2) is 24.3 Å². The lowest BCUT2D eigenvalue weighted by Crippen LogP contribution is -2.32. The smallest absolute Gasteiger partial charge is 0.409 e. The van der Waals surface area contributed by atoms with Gasteiger partial charge in [-0.3, -0.25) is 0 Å². The molecule has 0 aliphatic heterocycles. The molecule has 1 amide bonds. The lowest BCUT2D eigenvalue weighted by Gasteiger charge is -2.17. The molecule has 1 N–H and O–H groups in total. The molecule has 0 unspecified atom stereocenters. The maximum atomic E-state index is 11.6. The van der Waals surface area contributed by atoms with Gasteiger partial charge in [-0.2, -0.15) is 0 Å². The molecule has 1 aromatic rings. The number of nitrogens with zero attached hydrogens (tertiary/aromatic N) is 1. The summed E-state index contributed by atoms with van der Waals surface area (Å²) in [5.74, 6) is -0.446. The largest absolute Gasteiger partial charge is 0.508 e. The molecule has 6 nitrogen and oxygen atoms in total. The van der Waals surface area contributed by atoms with E-state index >= 15 is 0 Å². The summed E-state index contributed by atoms with van der Waals surface area (Å²) in [5.41, 5.74) is 0.331. The molecule has 110 valence electrons. The molecule has 0 heterocycles. The Hall–Kier alpha value is -2.24. The predicted octanol–water partition coefficient (Wildman–Crippen LogP) is 2.03. The van der Waals surface area contributed by atoms with Gasteiger partial charge in [0.25, 0.3) is 0 Å². The summed E-state index contributed by atoms with van der Waals surface area (Å²) >= 11 is 0. The third kappa shape index (κ3) is 4.79. The molecule has 0 bridgehead atoms. The molecule has 0 spiro atoms. The standard InChI is InChI=1S/C14H19NO5/c1-3-15(4-2)14(18)20-10-9-19-13(17)11-5-7-12(16)8-6-11/h5-8,16H,3-4,9-10H2,1-2H3. The van der Waals surface area contributed by atoms with Crippen molar-refractivity contribution in [3.63, 3.8) is 0 Å². The highest BCUT2D eigenvalue weighted by Crippen LogP contribution is 2.10. The van der Waals surface area contributed by atoms with Crippen molar-refractivity contribution in [3.05, 3.63) is 29.8 Å². The van der Waals surface area contributed by atoms with Gasteiger partial charge >= 0.3 is 12.1 Å². The number of benzene rings is 1. The van der Waals surface area contributed by atoms with Gasteiger partial charge in [-0.25, -0.2) is 9.59 Å². The van der Waals surface area contributed by atoms with Crippen LogP contribution >= 0.6 is 0 Å². The minimum atomic E-state index is -0.524. The maximum Gasteiger partial charge on any atom is 0.409 e. The lowest BCUT2D eigenvalue weighted by molar-refractivity contribution is 0.0360. The second-order valence-corrected chi connectivity index (χ2v) is 3.97. The number of ether oxygens (including phenoxy) is 2. The Bertz CT molecular complexity index is 439. The number of hydrogen-bond donors (Lipinski definition) is 1. The highest BCUT2D eigenvalue weighted by atomic mass is 16.6. The van der Waals surface area contributed by atoms with Gasteiger partial charge < -0.3 is 19.5 Å². The SMILES string of the molecule is CCN(CC)C(=O)OCCOC(=O)c1ccc(O)cc1. The van der Waals surface area contributed by atoms with Gasteiger partial charge in [0.05, 0.1) is 5.56 Å². The molecule has 6 heteroatoms. The average molecular weight is 281 g/mol. The van der Waals surface area contributed by atoms with Crippen LogP contribution in [0.2, 0.25) is 0 Å². The van der Waals surface area contributed by atoms with E-state index in [2.05, 4.69) is 0 Å². The topological polar surface area (TPSA) is 76.1 Å². The first-order chi connectivity index (χ1) is 9.58. The summed E-state index contributed by atoms with van der Waals surface area (Å²) < 4.78 is 9.91. The molecule has 0 aliphatic rings. The molecule has 0 atom stereocenters. The van der Waals surface area contributed by atoms with Gasteiger partial charge in [-0.05, 0) is 38.1 Å². The molecule has 0 radical (unpaired) electrons. The van der Waals surface area contributed by atoms with E-state index in [9.17, 15) is 9.59 Å². The van der Waals surface area contributed by atoms with Crippen molar-refractivity contribution in [2.45, 2.75) is 13.8 Å². The second-order valence-electron chi connectivity index (χ2n) is 3.97. The zero-order chi connectivity index (χ0) is 15.0. The summed E-state index contributed by atoms with van der Waals surface area (Å²) in [6, 6.07) is 5.72. The fourth-order valence-corrected chi connectivity index (χ4v) is 1.52. The first kappa shape index (κ1) is 15.8. The van der Waals surface area contributed by atoms with E-state index < -0.39 is 12.1 Å². The Kier molecular flexibility index (Phi) is 6.36. The van der Waals surface area contributed by atoms with Crippen molar-refractivity contribution in [2.24, 2.45) is 0 Å². The van der Waals surface area contributed by atoms with Crippen LogP contribution in [0.3, 0.4) is 0 Å². The molecule has 1 rings (SSSR count). The quantitative estimate of drug-likeness (QED) is 0.637. The van der Waals surface area contributed by atoms with Crippen molar-refractivity contribution in [1.82, 2.24) is 4.90 Å². The average Bonchev–Trinajstić information content (AvgIpc) is 2.45. The van der Waals surface area contributed by atoms with Crippen LogP contribution in [0.5, 0.6) is 5.75 Å². The van der Waals surface area contributed by atoms with Gasteiger partial charge in [0.2, 0.25) is 0 Å².